The Morgan fingerprint density at radius 2 is 1.74 bits per heavy atom. The Labute approximate surface area is 162 Å². The summed E-state index contributed by atoms with van der Waals surface area (Å²) in [6, 6.07) is 12.3. The summed E-state index contributed by atoms with van der Waals surface area (Å²) in [5, 5.41) is 0. The van der Waals surface area contributed by atoms with Gasteiger partial charge in [-0.3, -0.25) is 4.79 Å². The van der Waals surface area contributed by atoms with E-state index in [4.69, 9.17) is 15.2 Å². The lowest BCUT2D eigenvalue weighted by Gasteiger charge is -2.19. The molecule has 2 aromatic rings. The molecule has 4 heteroatoms. The van der Waals surface area contributed by atoms with Crippen molar-refractivity contribution in [2.75, 3.05) is 14.2 Å². The Morgan fingerprint density at radius 3 is 2.26 bits per heavy atom. The first-order valence-corrected chi connectivity index (χ1v) is 9.45. The largest absolute Gasteiger partial charge is 0.497 e. The molecule has 0 fully saturated rings. The summed E-state index contributed by atoms with van der Waals surface area (Å²) in [6.07, 6.45) is 2.10. The summed E-state index contributed by atoms with van der Waals surface area (Å²) in [5.74, 6) is 1.96. The molecule has 4 nitrogen and oxygen atoms in total. The maximum Gasteiger partial charge on any atom is 0.218 e. The van der Waals surface area contributed by atoms with E-state index in [1.165, 1.54) is 16.7 Å². The quantitative estimate of drug-likeness (QED) is 0.695. The number of carbonyl (C=O) groups excluding carboxylic acids is 1. The smallest absolute Gasteiger partial charge is 0.218 e. The molecule has 1 amide bonds. The molecular formula is C23H31NO3. The Hall–Kier alpha value is -2.49. The lowest BCUT2D eigenvalue weighted by atomic mass is 9.87. The molecule has 0 radical (unpaired) electrons. The highest BCUT2D eigenvalue weighted by Gasteiger charge is 2.17. The molecule has 2 rings (SSSR count). The fourth-order valence-electron chi connectivity index (χ4n) is 3.48. The van der Waals surface area contributed by atoms with Crippen molar-refractivity contribution in [2.24, 2.45) is 5.73 Å². The van der Waals surface area contributed by atoms with Crippen molar-refractivity contribution < 1.29 is 14.3 Å². The van der Waals surface area contributed by atoms with E-state index >= 15 is 0 Å². The minimum absolute atomic E-state index is 0.0948. The van der Waals surface area contributed by atoms with Gasteiger partial charge in [0.2, 0.25) is 5.91 Å². The predicted molar refractivity (Wildman–Crippen MR) is 110 cm³/mol. The van der Waals surface area contributed by atoms with Crippen molar-refractivity contribution in [3.8, 4) is 11.5 Å². The number of hydrogen-bond acceptors (Lipinski definition) is 3. The molecular weight excluding hydrogens is 338 g/mol. The van der Waals surface area contributed by atoms with Crippen LogP contribution in [-0.4, -0.2) is 20.1 Å². The van der Waals surface area contributed by atoms with Gasteiger partial charge in [0.25, 0.3) is 0 Å². The summed E-state index contributed by atoms with van der Waals surface area (Å²) in [5.41, 5.74) is 10.3. The normalized spacial score (nSPS) is 12.1. The third kappa shape index (κ3) is 5.49. The number of rotatable bonds is 9. The fourth-order valence-corrected chi connectivity index (χ4v) is 3.48. The van der Waals surface area contributed by atoms with Crippen LogP contribution in [0.4, 0.5) is 0 Å². The number of amides is 1. The van der Waals surface area contributed by atoms with Crippen molar-refractivity contribution in [3.63, 3.8) is 0 Å². The first kappa shape index (κ1) is 20.8. The zero-order valence-corrected chi connectivity index (χ0v) is 17.0. The highest BCUT2D eigenvalue weighted by Crippen LogP contribution is 2.32. The molecule has 0 spiro atoms. The third-order valence-electron chi connectivity index (χ3n) is 5.11. The summed E-state index contributed by atoms with van der Waals surface area (Å²) in [7, 11) is 3.36. The molecule has 2 N–H and O–H groups in total. The second-order valence-electron chi connectivity index (χ2n) is 7.35. The maximum absolute atomic E-state index is 11.6. The third-order valence-corrected chi connectivity index (χ3v) is 5.11. The molecule has 1 atom stereocenters. The molecule has 0 saturated heterocycles. The molecule has 0 aromatic heterocycles. The number of benzene rings is 2. The number of primary amides is 1. The number of nitrogens with two attached hydrogens (primary N) is 1. The molecule has 0 heterocycles. The molecule has 0 aliphatic carbocycles. The zero-order valence-electron chi connectivity index (χ0n) is 17.0. The van der Waals surface area contributed by atoms with E-state index in [9.17, 15) is 4.79 Å². The van der Waals surface area contributed by atoms with Crippen molar-refractivity contribution >= 4 is 5.91 Å². The van der Waals surface area contributed by atoms with E-state index in [1.807, 2.05) is 24.3 Å². The Kier molecular flexibility index (Phi) is 7.28. The Balaban J connectivity index is 2.23. The molecule has 0 aliphatic rings. The van der Waals surface area contributed by atoms with Crippen molar-refractivity contribution in [2.45, 2.75) is 51.9 Å². The van der Waals surface area contributed by atoms with Crippen LogP contribution in [0, 0.1) is 6.92 Å². The lowest BCUT2D eigenvalue weighted by molar-refractivity contribution is -0.118. The zero-order chi connectivity index (χ0) is 20.0. The van der Waals surface area contributed by atoms with Gasteiger partial charge in [-0.05, 0) is 72.1 Å². The minimum Gasteiger partial charge on any atom is -0.497 e. The predicted octanol–water partition coefficient (Wildman–Crippen LogP) is 4.73. The summed E-state index contributed by atoms with van der Waals surface area (Å²) in [4.78, 5) is 11.6. The van der Waals surface area contributed by atoms with Crippen molar-refractivity contribution in [3.05, 3.63) is 58.7 Å². The van der Waals surface area contributed by atoms with Crippen molar-refractivity contribution in [1.82, 2.24) is 0 Å². The van der Waals surface area contributed by atoms with Crippen LogP contribution < -0.4 is 15.2 Å². The van der Waals surface area contributed by atoms with Crippen LogP contribution in [0.25, 0.3) is 0 Å². The highest BCUT2D eigenvalue weighted by molar-refractivity contribution is 5.74. The van der Waals surface area contributed by atoms with Crippen LogP contribution in [0.3, 0.4) is 0 Å². The molecule has 0 bridgehead atoms. The molecule has 1 unspecified atom stereocenters. The number of ether oxygens (including phenoxy) is 2. The first-order chi connectivity index (χ1) is 12.8. The van der Waals surface area contributed by atoms with Crippen LogP contribution in [0.1, 0.15) is 60.8 Å². The number of carbonyl (C=O) groups is 1. The van der Waals surface area contributed by atoms with Crippen LogP contribution >= 0.6 is 0 Å². The lowest BCUT2D eigenvalue weighted by Crippen LogP contribution is -2.16. The van der Waals surface area contributed by atoms with Gasteiger partial charge in [0.15, 0.2) is 0 Å². The molecule has 0 saturated carbocycles. The van der Waals surface area contributed by atoms with Crippen LogP contribution in [0.2, 0.25) is 0 Å². The first-order valence-electron chi connectivity index (χ1n) is 9.45. The number of methoxy groups -OCH3 is 2. The fraction of sp³-hybridized carbons (Fsp3) is 0.435. The maximum atomic E-state index is 11.6. The van der Waals surface area contributed by atoms with E-state index in [0.717, 1.165) is 29.9 Å². The second-order valence-corrected chi connectivity index (χ2v) is 7.35. The van der Waals surface area contributed by atoms with Crippen LogP contribution in [-0.2, 0) is 11.2 Å². The Morgan fingerprint density at radius 1 is 1.07 bits per heavy atom. The molecule has 2 aromatic carbocycles. The average molecular weight is 370 g/mol. The molecule has 27 heavy (non-hydrogen) atoms. The standard InChI is InChI=1S/C23H31NO3/c1-15(2)21-13-18(16(3)12-22(21)27-5)6-7-19(14-23(24)25)17-8-10-20(26-4)11-9-17/h8-13,15,19H,6-7,14H2,1-5H3,(H2,24,25). The highest BCUT2D eigenvalue weighted by atomic mass is 16.5. The van der Waals surface area contributed by atoms with Gasteiger partial charge in [0.05, 0.1) is 14.2 Å². The average Bonchev–Trinajstić information content (AvgIpc) is 2.65. The second kappa shape index (κ2) is 9.45. The number of aryl methyl sites for hydroxylation is 2. The van der Waals surface area contributed by atoms with Gasteiger partial charge in [-0.25, -0.2) is 0 Å². The van der Waals surface area contributed by atoms with Gasteiger partial charge in [-0.15, -0.1) is 0 Å². The number of hydrogen-bond donors (Lipinski definition) is 1. The molecule has 146 valence electrons. The van der Waals surface area contributed by atoms with E-state index in [1.54, 1.807) is 14.2 Å². The van der Waals surface area contributed by atoms with Gasteiger partial charge in [0.1, 0.15) is 11.5 Å². The monoisotopic (exact) mass is 369 g/mol. The van der Waals surface area contributed by atoms with Gasteiger partial charge in [-0.1, -0.05) is 32.0 Å². The van der Waals surface area contributed by atoms with Gasteiger partial charge in [-0.2, -0.15) is 0 Å². The summed E-state index contributed by atoms with van der Waals surface area (Å²) in [6.45, 7) is 6.45. The van der Waals surface area contributed by atoms with Gasteiger partial charge < -0.3 is 15.2 Å². The van der Waals surface area contributed by atoms with Crippen molar-refractivity contribution in [1.29, 1.82) is 0 Å². The van der Waals surface area contributed by atoms with E-state index < -0.39 is 0 Å². The van der Waals surface area contributed by atoms with Gasteiger partial charge >= 0.3 is 0 Å². The Bertz CT molecular complexity index is 766. The van der Waals surface area contributed by atoms with Gasteiger partial charge in [0, 0.05) is 6.42 Å². The van der Waals surface area contributed by atoms with E-state index in [-0.39, 0.29) is 11.8 Å². The van der Waals surface area contributed by atoms with Crippen LogP contribution in [0.15, 0.2) is 36.4 Å². The van der Waals surface area contributed by atoms with E-state index in [2.05, 4.69) is 32.9 Å². The minimum atomic E-state index is -0.273. The summed E-state index contributed by atoms with van der Waals surface area (Å²) < 4.78 is 10.8. The molecule has 0 aliphatic heterocycles. The van der Waals surface area contributed by atoms with E-state index in [0.29, 0.717) is 12.3 Å². The SMILES string of the molecule is COc1ccc(C(CCc2cc(C(C)C)c(OC)cc2C)CC(N)=O)cc1. The topological polar surface area (TPSA) is 61.6 Å². The summed E-state index contributed by atoms with van der Waals surface area (Å²) >= 11 is 0. The van der Waals surface area contributed by atoms with Crippen LogP contribution in [0.5, 0.6) is 11.5 Å².